The second-order valence-electron chi connectivity index (χ2n) is 5.65. The van der Waals surface area contributed by atoms with Crippen LogP contribution in [-0.4, -0.2) is 32.0 Å². The van der Waals surface area contributed by atoms with Gasteiger partial charge in [-0.15, -0.1) is 0 Å². The Morgan fingerprint density at radius 1 is 1.22 bits per heavy atom. The number of carbonyl (C=O) groups excluding carboxylic acids is 1. The van der Waals surface area contributed by atoms with Gasteiger partial charge in [0.1, 0.15) is 19.7 Å². The van der Waals surface area contributed by atoms with Crippen LogP contribution in [0.25, 0.3) is 0 Å². The van der Waals surface area contributed by atoms with Crippen molar-refractivity contribution in [3.05, 3.63) is 59.7 Å². The van der Waals surface area contributed by atoms with Gasteiger partial charge >= 0.3 is 6.09 Å². The predicted octanol–water partition coefficient (Wildman–Crippen LogP) is 2.57. The van der Waals surface area contributed by atoms with Crippen LogP contribution in [0.4, 0.5) is 4.79 Å². The number of methoxy groups -OCH3 is 1. The van der Waals surface area contributed by atoms with Crippen LogP contribution in [0.3, 0.4) is 0 Å². The van der Waals surface area contributed by atoms with E-state index in [1.807, 2.05) is 43.3 Å². The van der Waals surface area contributed by atoms with Crippen LogP contribution < -0.4 is 10.2 Å². The second kappa shape index (κ2) is 6.36. The van der Waals surface area contributed by atoms with E-state index in [1.54, 1.807) is 24.1 Å². The Bertz CT molecular complexity index is 705. The number of benzene rings is 2. The van der Waals surface area contributed by atoms with Crippen molar-refractivity contribution in [3.8, 4) is 5.75 Å². The number of amides is 1. The predicted molar refractivity (Wildman–Crippen MR) is 89.1 cm³/mol. The summed E-state index contributed by atoms with van der Waals surface area (Å²) in [5.74, 6) is 0.717. The van der Waals surface area contributed by atoms with Crippen molar-refractivity contribution >= 4 is 19.4 Å². The third-order valence-corrected chi connectivity index (χ3v) is 4.21. The molecule has 0 aromatic heterocycles. The molecule has 5 heteroatoms. The van der Waals surface area contributed by atoms with E-state index in [1.165, 1.54) is 0 Å². The first-order valence-electron chi connectivity index (χ1n) is 7.54. The molecule has 0 bridgehead atoms. The van der Waals surface area contributed by atoms with Gasteiger partial charge in [-0.3, -0.25) is 4.90 Å². The molecule has 1 amide bonds. The molecule has 116 valence electrons. The molecule has 0 saturated carbocycles. The van der Waals surface area contributed by atoms with E-state index in [0.29, 0.717) is 17.8 Å². The van der Waals surface area contributed by atoms with Gasteiger partial charge in [-0.1, -0.05) is 41.9 Å². The molecule has 1 aliphatic heterocycles. The standard InChI is InChI=1S/C18H18BNO3/c1-12-17(13-6-4-3-5-7-13)23-18(21)20(12)11-14-10-15(22-2)8-9-16(14)19/h3-10,12,17H,11H2,1-2H3/t12-,17-/m0/s1. The summed E-state index contributed by atoms with van der Waals surface area (Å²) in [6.07, 6.45) is -0.593. The van der Waals surface area contributed by atoms with E-state index < -0.39 is 0 Å². The molecule has 1 aliphatic rings. The third-order valence-electron chi connectivity index (χ3n) is 4.21. The van der Waals surface area contributed by atoms with Crippen LogP contribution in [0.2, 0.25) is 0 Å². The van der Waals surface area contributed by atoms with Gasteiger partial charge in [0.25, 0.3) is 0 Å². The molecule has 0 spiro atoms. The highest BCUT2D eigenvalue weighted by molar-refractivity contribution is 6.33. The van der Waals surface area contributed by atoms with E-state index >= 15 is 0 Å². The van der Waals surface area contributed by atoms with Gasteiger partial charge in [0.15, 0.2) is 0 Å². The average molecular weight is 307 g/mol. The van der Waals surface area contributed by atoms with Crippen LogP contribution >= 0.6 is 0 Å². The van der Waals surface area contributed by atoms with E-state index in [9.17, 15) is 4.79 Å². The van der Waals surface area contributed by atoms with Crippen molar-refractivity contribution in [2.45, 2.75) is 25.6 Å². The largest absolute Gasteiger partial charge is 0.497 e. The number of ether oxygens (including phenoxy) is 2. The molecular formula is C18H18BNO3. The summed E-state index contributed by atoms with van der Waals surface area (Å²) in [5.41, 5.74) is 2.48. The molecule has 0 N–H and O–H groups in total. The summed E-state index contributed by atoms with van der Waals surface area (Å²) in [5, 5.41) is 0. The first-order chi connectivity index (χ1) is 11.1. The molecular weight excluding hydrogens is 289 g/mol. The quantitative estimate of drug-likeness (QED) is 0.815. The number of nitrogens with zero attached hydrogens (tertiary/aromatic N) is 1. The number of hydrogen-bond donors (Lipinski definition) is 0. The van der Waals surface area contributed by atoms with Crippen molar-refractivity contribution in [2.75, 3.05) is 7.11 Å². The molecule has 0 aliphatic carbocycles. The van der Waals surface area contributed by atoms with Crippen LogP contribution in [0, 0.1) is 0 Å². The molecule has 23 heavy (non-hydrogen) atoms. The summed E-state index contributed by atoms with van der Waals surface area (Å²) in [6, 6.07) is 15.1. The van der Waals surface area contributed by atoms with Crippen molar-refractivity contribution in [2.24, 2.45) is 0 Å². The molecule has 3 rings (SSSR count). The molecule has 2 atom stereocenters. The number of hydrogen-bond acceptors (Lipinski definition) is 3. The van der Waals surface area contributed by atoms with Crippen LogP contribution in [0.1, 0.15) is 24.2 Å². The minimum Gasteiger partial charge on any atom is -0.497 e. The highest BCUT2D eigenvalue weighted by Gasteiger charge is 2.39. The van der Waals surface area contributed by atoms with Crippen LogP contribution in [0.5, 0.6) is 5.75 Å². The molecule has 2 aromatic carbocycles. The smallest absolute Gasteiger partial charge is 0.411 e. The topological polar surface area (TPSA) is 38.8 Å². The summed E-state index contributed by atoms with van der Waals surface area (Å²) < 4.78 is 10.8. The number of cyclic esters (lactones) is 1. The normalized spacial score (nSPS) is 20.4. The Hall–Kier alpha value is -2.43. The zero-order valence-corrected chi connectivity index (χ0v) is 13.2. The Balaban J connectivity index is 1.82. The monoisotopic (exact) mass is 307 g/mol. The molecule has 0 unspecified atom stereocenters. The summed E-state index contributed by atoms with van der Waals surface area (Å²) in [6.45, 7) is 2.38. The number of rotatable bonds is 4. The minimum atomic E-state index is -0.325. The maximum atomic E-state index is 12.3. The fourth-order valence-corrected chi connectivity index (χ4v) is 2.83. The summed E-state index contributed by atoms with van der Waals surface area (Å²) >= 11 is 0. The SMILES string of the molecule is [B]c1ccc(OC)cc1CN1C(=O)O[C@H](c2ccccc2)[C@@H]1C. The van der Waals surface area contributed by atoms with Gasteiger partial charge in [-0.25, -0.2) is 4.79 Å². The fraction of sp³-hybridized carbons (Fsp3) is 0.278. The Kier molecular flexibility index (Phi) is 4.28. The maximum Gasteiger partial charge on any atom is 0.411 e. The van der Waals surface area contributed by atoms with Crippen molar-refractivity contribution in [1.29, 1.82) is 0 Å². The molecule has 2 radical (unpaired) electrons. The lowest BCUT2D eigenvalue weighted by Crippen LogP contribution is -2.33. The van der Waals surface area contributed by atoms with Gasteiger partial charge in [-0.05, 0) is 30.2 Å². The lowest BCUT2D eigenvalue weighted by molar-refractivity contribution is 0.130. The zero-order chi connectivity index (χ0) is 16.4. The summed E-state index contributed by atoms with van der Waals surface area (Å²) in [4.78, 5) is 14.0. The highest BCUT2D eigenvalue weighted by Crippen LogP contribution is 2.33. The average Bonchev–Trinajstić information content (AvgIpc) is 2.85. The Labute approximate surface area is 137 Å². The lowest BCUT2D eigenvalue weighted by atomic mass is 9.90. The van der Waals surface area contributed by atoms with Gasteiger partial charge in [-0.2, -0.15) is 0 Å². The van der Waals surface area contributed by atoms with E-state index in [2.05, 4.69) is 0 Å². The molecule has 1 fully saturated rings. The van der Waals surface area contributed by atoms with E-state index in [0.717, 1.165) is 11.1 Å². The molecule has 4 nitrogen and oxygen atoms in total. The van der Waals surface area contributed by atoms with Gasteiger partial charge in [0, 0.05) is 6.54 Å². The van der Waals surface area contributed by atoms with Gasteiger partial charge < -0.3 is 9.47 Å². The second-order valence-corrected chi connectivity index (χ2v) is 5.65. The zero-order valence-electron chi connectivity index (χ0n) is 13.2. The van der Waals surface area contributed by atoms with Gasteiger partial charge in [0.2, 0.25) is 0 Å². The third kappa shape index (κ3) is 3.04. The van der Waals surface area contributed by atoms with Crippen molar-refractivity contribution in [1.82, 2.24) is 4.90 Å². The van der Waals surface area contributed by atoms with Crippen molar-refractivity contribution < 1.29 is 14.3 Å². The first kappa shape index (κ1) is 15.5. The van der Waals surface area contributed by atoms with Crippen LogP contribution in [-0.2, 0) is 11.3 Å². The molecule has 1 saturated heterocycles. The fourth-order valence-electron chi connectivity index (χ4n) is 2.83. The maximum absolute atomic E-state index is 12.3. The van der Waals surface area contributed by atoms with Crippen molar-refractivity contribution in [3.63, 3.8) is 0 Å². The lowest BCUT2D eigenvalue weighted by Gasteiger charge is -2.22. The van der Waals surface area contributed by atoms with Gasteiger partial charge in [0.05, 0.1) is 13.2 Å². The Morgan fingerprint density at radius 3 is 2.65 bits per heavy atom. The van der Waals surface area contributed by atoms with E-state index in [4.69, 9.17) is 17.3 Å². The molecule has 1 heterocycles. The molecule has 2 aromatic rings. The first-order valence-corrected chi connectivity index (χ1v) is 7.54. The van der Waals surface area contributed by atoms with Crippen LogP contribution in [0.15, 0.2) is 48.5 Å². The minimum absolute atomic E-state index is 0.0736. The Morgan fingerprint density at radius 2 is 1.96 bits per heavy atom. The van der Waals surface area contributed by atoms with E-state index in [-0.39, 0.29) is 18.2 Å². The summed E-state index contributed by atoms with van der Waals surface area (Å²) in [7, 11) is 7.63. The number of carbonyl (C=O) groups is 1. The highest BCUT2D eigenvalue weighted by atomic mass is 16.6.